The van der Waals surface area contributed by atoms with E-state index in [1.165, 1.54) is 19.3 Å². The minimum atomic E-state index is -1.14. The minimum Gasteiger partial charge on any atom is -0.132 e. The van der Waals surface area contributed by atoms with Crippen LogP contribution < -0.4 is 0 Å². The van der Waals surface area contributed by atoms with Crippen molar-refractivity contribution in [2.45, 2.75) is 59.7 Å². The van der Waals surface area contributed by atoms with E-state index in [1.54, 1.807) is 0 Å². The molecule has 0 saturated heterocycles. The molecule has 0 heterocycles. The summed E-state index contributed by atoms with van der Waals surface area (Å²) in [4.78, 5) is 0. The molecule has 0 N–H and O–H groups in total. The van der Waals surface area contributed by atoms with Crippen LogP contribution in [0.5, 0.6) is 0 Å². The molecule has 0 aromatic carbocycles. The van der Waals surface area contributed by atoms with Crippen LogP contribution in [0.15, 0.2) is 0 Å². The standard InChI is InChI=1S/C13H26Si/c1-12(2)8-7-9-13(3)10-11-14(4,5)6/h12-13H,7-9H2,1-6H3/t13-/m1/s1. The first-order chi connectivity index (χ1) is 6.31. The van der Waals surface area contributed by atoms with E-state index in [-0.39, 0.29) is 0 Å². The maximum atomic E-state index is 3.45. The van der Waals surface area contributed by atoms with Gasteiger partial charge >= 0.3 is 0 Å². The quantitative estimate of drug-likeness (QED) is 0.478. The van der Waals surface area contributed by atoms with Crippen LogP contribution in [-0.4, -0.2) is 8.07 Å². The molecule has 0 spiro atoms. The SMILES string of the molecule is CC(C)CCC[C@@H](C)C#C[Si](C)(C)C. The number of hydrogen-bond donors (Lipinski definition) is 0. The summed E-state index contributed by atoms with van der Waals surface area (Å²) < 4.78 is 0. The average molecular weight is 210 g/mol. The summed E-state index contributed by atoms with van der Waals surface area (Å²) in [5.74, 6) is 4.85. The second kappa shape index (κ2) is 6.30. The summed E-state index contributed by atoms with van der Waals surface area (Å²) in [7, 11) is -1.14. The summed E-state index contributed by atoms with van der Waals surface area (Å²) in [6, 6.07) is 0. The molecule has 0 aromatic rings. The highest BCUT2D eigenvalue weighted by atomic mass is 28.3. The summed E-state index contributed by atoms with van der Waals surface area (Å²) in [6.45, 7) is 13.8. The molecule has 0 bridgehead atoms. The van der Waals surface area contributed by atoms with Crippen LogP contribution in [0, 0.1) is 23.3 Å². The van der Waals surface area contributed by atoms with Gasteiger partial charge in [-0.2, -0.15) is 0 Å². The van der Waals surface area contributed by atoms with Crippen molar-refractivity contribution >= 4 is 8.07 Å². The van der Waals surface area contributed by atoms with E-state index in [4.69, 9.17) is 0 Å². The van der Waals surface area contributed by atoms with Gasteiger partial charge in [-0.05, 0) is 12.3 Å². The molecule has 14 heavy (non-hydrogen) atoms. The summed E-state index contributed by atoms with van der Waals surface area (Å²) in [6.07, 6.45) is 3.95. The van der Waals surface area contributed by atoms with Crippen LogP contribution >= 0.6 is 0 Å². The first-order valence-electron chi connectivity index (χ1n) is 5.84. The van der Waals surface area contributed by atoms with E-state index in [0.29, 0.717) is 5.92 Å². The fourth-order valence-corrected chi connectivity index (χ4v) is 1.92. The number of rotatable bonds is 4. The predicted octanol–water partition coefficient (Wildman–Crippen LogP) is 4.33. The average Bonchev–Trinajstić information content (AvgIpc) is 1.99. The fourth-order valence-electron chi connectivity index (χ4n) is 1.24. The maximum Gasteiger partial charge on any atom is 0.129 e. The fraction of sp³-hybridized carbons (Fsp3) is 0.846. The van der Waals surface area contributed by atoms with Crippen molar-refractivity contribution in [2.24, 2.45) is 11.8 Å². The Kier molecular flexibility index (Phi) is 6.20. The van der Waals surface area contributed by atoms with Gasteiger partial charge in [-0.3, -0.25) is 0 Å². The van der Waals surface area contributed by atoms with Gasteiger partial charge in [0.15, 0.2) is 0 Å². The van der Waals surface area contributed by atoms with Gasteiger partial charge in [-0.1, -0.05) is 53.3 Å². The van der Waals surface area contributed by atoms with E-state index in [2.05, 4.69) is 51.9 Å². The second-order valence-electron chi connectivity index (χ2n) is 5.75. The topological polar surface area (TPSA) is 0 Å². The van der Waals surface area contributed by atoms with E-state index in [1.807, 2.05) is 0 Å². The second-order valence-corrected chi connectivity index (χ2v) is 10.5. The molecule has 1 atom stereocenters. The molecule has 82 valence electrons. The number of hydrogen-bond acceptors (Lipinski definition) is 0. The normalized spacial score (nSPS) is 13.6. The Morgan fingerprint density at radius 3 is 2.00 bits per heavy atom. The smallest absolute Gasteiger partial charge is 0.129 e. The van der Waals surface area contributed by atoms with Crippen molar-refractivity contribution in [3.8, 4) is 11.5 Å². The largest absolute Gasteiger partial charge is 0.132 e. The third-order valence-electron chi connectivity index (χ3n) is 2.11. The molecule has 0 saturated carbocycles. The minimum absolute atomic E-state index is 0.598. The van der Waals surface area contributed by atoms with Gasteiger partial charge in [-0.25, -0.2) is 0 Å². The Hall–Kier alpha value is -0.223. The van der Waals surface area contributed by atoms with Crippen LogP contribution in [0.25, 0.3) is 0 Å². The third-order valence-corrected chi connectivity index (χ3v) is 3.01. The van der Waals surface area contributed by atoms with E-state index in [9.17, 15) is 0 Å². The van der Waals surface area contributed by atoms with Gasteiger partial charge in [0.05, 0.1) is 0 Å². The molecule has 0 fully saturated rings. The Morgan fingerprint density at radius 2 is 1.57 bits per heavy atom. The summed E-state index contributed by atoms with van der Waals surface area (Å²) in [5.41, 5.74) is 3.45. The molecule has 0 rings (SSSR count). The molecule has 0 unspecified atom stereocenters. The van der Waals surface area contributed by atoms with Crippen LogP contribution in [0.1, 0.15) is 40.0 Å². The van der Waals surface area contributed by atoms with Crippen molar-refractivity contribution in [3.05, 3.63) is 0 Å². The lowest BCUT2D eigenvalue weighted by atomic mass is 10.0. The molecule has 0 aliphatic carbocycles. The van der Waals surface area contributed by atoms with Crippen molar-refractivity contribution in [2.75, 3.05) is 0 Å². The highest BCUT2D eigenvalue weighted by Crippen LogP contribution is 2.11. The third kappa shape index (κ3) is 9.86. The van der Waals surface area contributed by atoms with Gasteiger partial charge in [0.25, 0.3) is 0 Å². The Morgan fingerprint density at radius 1 is 1.00 bits per heavy atom. The Balaban J connectivity index is 3.74. The first kappa shape index (κ1) is 13.8. The van der Waals surface area contributed by atoms with E-state index in [0.717, 1.165) is 5.92 Å². The molecule has 0 aromatic heterocycles. The summed E-state index contributed by atoms with van der Waals surface area (Å²) in [5, 5.41) is 0. The zero-order valence-electron chi connectivity index (χ0n) is 10.8. The summed E-state index contributed by atoms with van der Waals surface area (Å²) >= 11 is 0. The van der Waals surface area contributed by atoms with Gasteiger partial charge in [0.1, 0.15) is 8.07 Å². The molecular weight excluding hydrogens is 184 g/mol. The predicted molar refractivity (Wildman–Crippen MR) is 69.0 cm³/mol. The van der Waals surface area contributed by atoms with E-state index < -0.39 is 8.07 Å². The molecule has 0 amide bonds. The zero-order chi connectivity index (χ0) is 11.2. The zero-order valence-corrected chi connectivity index (χ0v) is 11.8. The molecule has 0 radical (unpaired) electrons. The lowest BCUT2D eigenvalue weighted by Crippen LogP contribution is -2.16. The lowest BCUT2D eigenvalue weighted by Gasteiger charge is -2.08. The highest BCUT2D eigenvalue weighted by molar-refractivity contribution is 6.83. The van der Waals surface area contributed by atoms with Crippen molar-refractivity contribution in [1.82, 2.24) is 0 Å². The van der Waals surface area contributed by atoms with Gasteiger partial charge in [0, 0.05) is 5.92 Å². The first-order valence-corrected chi connectivity index (χ1v) is 9.34. The van der Waals surface area contributed by atoms with Gasteiger partial charge in [-0.15, -0.1) is 11.5 Å². The highest BCUT2D eigenvalue weighted by Gasteiger charge is 2.08. The molecule has 0 nitrogen and oxygen atoms in total. The van der Waals surface area contributed by atoms with Gasteiger partial charge in [0.2, 0.25) is 0 Å². The van der Waals surface area contributed by atoms with E-state index >= 15 is 0 Å². The molecule has 1 heteroatoms. The molecule has 0 aliphatic heterocycles. The lowest BCUT2D eigenvalue weighted by molar-refractivity contribution is 0.507. The monoisotopic (exact) mass is 210 g/mol. The van der Waals surface area contributed by atoms with Crippen LogP contribution in [0.3, 0.4) is 0 Å². The molecular formula is C13H26Si. The van der Waals surface area contributed by atoms with Crippen LogP contribution in [-0.2, 0) is 0 Å². The van der Waals surface area contributed by atoms with Crippen molar-refractivity contribution < 1.29 is 0 Å². The van der Waals surface area contributed by atoms with Crippen molar-refractivity contribution in [3.63, 3.8) is 0 Å². The van der Waals surface area contributed by atoms with Gasteiger partial charge < -0.3 is 0 Å². The van der Waals surface area contributed by atoms with Crippen molar-refractivity contribution in [1.29, 1.82) is 0 Å². The molecule has 0 aliphatic rings. The Bertz CT molecular complexity index is 200. The van der Waals surface area contributed by atoms with Crippen LogP contribution in [0.2, 0.25) is 19.6 Å². The Labute approximate surface area is 91.5 Å². The van der Waals surface area contributed by atoms with Crippen LogP contribution in [0.4, 0.5) is 0 Å². The maximum absolute atomic E-state index is 3.45.